The van der Waals surface area contributed by atoms with Gasteiger partial charge < -0.3 is 15.8 Å². The average molecular weight is 336 g/mol. The zero-order valence-corrected chi connectivity index (χ0v) is 12.6. The molecule has 0 saturated carbocycles. The number of nitrogens with two attached hydrogens (primary N) is 1. The molecule has 0 aliphatic carbocycles. The van der Waals surface area contributed by atoms with Gasteiger partial charge >= 0.3 is 0 Å². The van der Waals surface area contributed by atoms with Gasteiger partial charge in [-0.1, -0.05) is 18.5 Å². The Balaban J connectivity index is 3.02. The minimum absolute atomic E-state index is 0.257. The van der Waals surface area contributed by atoms with Crippen LogP contribution in [0.2, 0.25) is 5.02 Å². The zero-order chi connectivity index (χ0) is 13.7. The zero-order valence-electron chi connectivity index (χ0n) is 10.3. The Morgan fingerprint density at radius 3 is 2.78 bits per heavy atom. The molecule has 1 amide bonds. The number of amides is 1. The van der Waals surface area contributed by atoms with Crippen LogP contribution in [0.5, 0.6) is 5.75 Å². The van der Waals surface area contributed by atoms with Gasteiger partial charge in [-0.3, -0.25) is 4.79 Å². The average Bonchev–Trinajstić information content (AvgIpc) is 2.32. The highest BCUT2D eigenvalue weighted by molar-refractivity contribution is 9.10. The molecule has 0 unspecified atom stereocenters. The molecule has 0 bridgehead atoms. The van der Waals surface area contributed by atoms with Gasteiger partial charge in [-0.15, -0.1) is 0 Å². The van der Waals surface area contributed by atoms with Crippen LogP contribution in [0.4, 0.5) is 5.69 Å². The summed E-state index contributed by atoms with van der Waals surface area (Å²) in [5, 5.41) is 3.23. The van der Waals surface area contributed by atoms with Gasteiger partial charge in [0.25, 0.3) is 0 Å². The Bertz CT molecular complexity index is 440. The minimum atomic E-state index is -0.544. The number of halogens is 2. The molecule has 0 heterocycles. The Hall–Kier alpha value is -0.780. The van der Waals surface area contributed by atoms with E-state index in [0.29, 0.717) is 34.0 Å². The summed E-state index contributed by atoms with van der Waals surface area (Å²) in [5.41, 5.74) is 6.19. The van der Waals surface area contributed by atoms with Crippen molar-refractivity contribution in [2.45, 2.75) is 26.3 Å². The second-order valence-corrected chi connectivity index (χ2v) is 4.99. The van der Waals surface area contributed by atoms with Crippen molar-refractivity contribution < 1.29 is 9.53 Å². The molecular formula is C12H16BrClN2O2. The molecule has 18 heavy (non-hydrogen) atoms. The molecule has 3 N–H and O–H groups in total. The first-order chi connectivity index (χ1) is 8.49. The normalized spacial score (nSPS) is 12.1. The summed E-state index contributed by atoms with van der Waals surface area (Å²) in [5.74, 6) is 0.297. The third kappa shape index (κ3) is 3.86. The van der Waals surface area contributed by atoms with E-state index in [1.165, 1.54) is 0 Å². The van der Waals surface area contributed by atoms with Gasteiger partial charge in [-0.05, 0) is 41.4 Å². The predicted octanol–water partition coefficient (Wildman–Crippen LogP) is 3.18. The maximum Gasteiger partial charge on any atom is 0.241 e. The molecule has 0 aromatic heterocycles. The van der Waals surface area contributed by atoms with Crippen LogP contribution in [0.1, 0.15) is 20.3 Å². The summed E-state index contributed by atoms with van der Waals surface area (Å²) in [6.07, 6.45) is 0.567. The number of anilines is 1. The van der Waals surface area contributed by atoms with Crippen molar-refractivity contribution in [2.75, 3.05) is 11.9 Å². The van der Waals surface area contributed by atoms with Gasteiger partial charge in [0.15, 0.2) is 5.75 Å². The summed E-state index contributed by atoms with van der Waals surface area (Å²) in [7, 11) is 0. The molecule has 0 aliphatic heterocycles. The molecule has 0 saturated heterocycles. The van der Waals surface area contributed by atoms with Crippen molar-refractivity contribution in [2.24, 2.45) is 5.73 Å². The summed E-state index contributed by atoms with van der Waals surface area (Å²) in [4.78, 5) is 11.8. The van der Waals surface area contributed by atoms with Crippen LogP contribution >= 0.6 is 27.5 Å². The molecular weight excluding hydrogens is 320 g/mol. The minimum Gasteiger partial charge on any atom is -0.491 e. The molecule has 0 fully saturated rings. The molecule has 0 aliphatic rings. The number of hydrogen-bond acceptors (Lipinski definition) is 3. The fourth-order valence-electron chi connectivity index (χ4n) is 1.36. The van der Waals surface area contributed by atoms with Gasteiger partial charge in [0.05, 0.1) is 22.8 Å². The van der Waals surface area contributed by atoms with Crippen LogP contribution in [-0.4, -0.2) is 18.6 Å². The molecule has 0 spiro atoms. The van der Waals surface area contributed by atoms with E-state index in [0.717, 1.165) is 0 Å². The number of hydrogen-bond donors (Lipinski definition) is 2. The van der Waals surface area contributed by atoms with Crippen LogP contribution < -0.4 is 15.8 Å². The number of ether oxygens (including phenoxy) is 1. The third-order valence-electron chi connectivity index (χ3n) is 2.33. The quantitative estimate of drug-likeness (QED) is 0.868. The topological polar surface area (TPSA) is 64.3 Å². The van der Waals surface area contributed by atoms with Gasteiger partial charge in [0.2, 0.25) is 5.91 Å². The highest BCUT2D eigenvalue weighted by atomic mass is 79.9. The van der Waals surface area contributed by atoms with Gasteiger partial charge in [0.1, 0.15) is 0 Å². The van der Waals surface area contributed by atoms with Crippen molar-refractivity contribution in [3.05, 3.63) is 21.6 Å². The fourth-order valence-corrected chi connectivity index (χ4v) is 2.28. The van der Waals surface area contributed by atoms with Crippen LogP contribution in [0.25, 0.3) is 0 Å². The van der Waals surface area contributed by atoms with E-state index in [1.54, 1.807) is 12.1 Å². The van der Waals surface area contributed by atoms with E-state index < -0.39 is 6.04 Å². The first-order valence-electron chi connectivity index (χ1n) is 5.67. The summed E-state index contributed by atoms with van der Waals surface area (Å²) in [6, 6.07) is 2.80. The first kappa shape index (κ1) is 15.3. The van der Waals surface area contributed by atoms with E-state index in [-0.39, 0.29) is 5.91 Å². The molecule has 1 rings (SSSR count). The molecule has 6 heteroatoms. The largest absolute Gasteiger partial charge is 0.491 e. The smallest absolute Gasteiger partial charge is 0.241 e. The summed E-state index contributed by atoms with van der Waals surface area (Å²) >= 11 is 9.30. The van der Waals surface area contributed by atoms with E-state index in [2.05, 4.69) is 21.2 Å². The molecule has 0 radical (unpaired) electrons. The Labute approximate surface area is 120 Å². The van der Waals surface area contributed by atoms with Gasteiger partial charge in [-0.2, -0.15) is 0 Å². The number of carbonyl (C=O) groups excluding carboxylic acids is 1. The van der Waals surface area contributed by atoms with Crippen molar-refractivity contribution in [1.82, 2.24) is 0 Å². The summed E-state index contributed by atoms with van der Waals surface area (Å²) < 4.78 is 6.17. The molecule has 4 nitrogen and oxygen atoms in total. The molecule has 1 aromatic carbocycles. The van der Waals surface area contributed by atoms with Crippen LogP contribution in [0.15, 0.2) is 16.6 Å². The third-order valence-corrected chi connectivity index (χ3v) is 3.14. The first-order valence-corrected chi connectivity index (χ1v) is 6.85. The molecule has 100 valence electrons. The van der Waals surface area contributed by atoms with Crippen molar-refractivity contribution in [1.29, 1.82) is 0 Å². The van der Waals surface area contributed by atoms with Crippen molar-refractivity contribution >= 4 is 39.1 Å². The maximum absolute atomic E-state index is 11.8. The van der Waals surface area contributed by atoms with Gasteiger partial charge in [0, 0.05) is 5.02 Å². The van der Waals surface area contributed by atoms with E-state index in [9.17, 15) is 4.79 Å². The number of rotatable bonds is 5. The lowest BCUT2D eigenvalue weighted by Gasteiger charge is -2.15. The SMILES string of the molecule is CCOc1c(Br)cc(Cl)cc1NC(=O)[C@H](N)CC. The van der Waals surface area contributed by atoms with Crippen molar-refractivity contribution in [3.8, 4) is 5.75 Å². The highest BCUT2D eigenvalue weighted by Gasteiger charge is 2.16. The number of nitrogens with one attached hydrogen (secondary N) is 1. The standard InChI is InChI=1S/C12H16BrClN2O2/c1-3-9(15)12(17)16-10-6-7(14)5-8(13)11(10)18-4-2/h5-6,9H,3-4,15H2,1-2H3,(H,16,17)/t9-/m1/s1. The fraction of sp³-hybridized carbons (Fsp3) is 0.417. The van der Waals surface area contributed by atoms with E-state index in [4.69, 9.17) is 22.1 Å². The van der Waals surface area contributed by atoms with Crippen LogP contribution in [0, 0.1) is 0 Å². The lowest BCUT2D eigenvalue weighted by atomic mass is 10.2. The summed E-state index contributed by atoms with van der Waals surface area (Å²) in [6.45, 7) is 4.20. The number of carbonyl (C=O) groups is 1. The molecule has 1 atom stereocenters. The Kier molecular flexibility index (Phi) is 5.91. The maximum atomic E-state index is 11.8. The monoisotopic (exact) mass is 334 g/mol. The molecule has 1 aromatic rings. The second kappa shape index (κ2) is 6.97. The predicted molar refractivity (Wildman–Crippen MR) is 77.2 cm³/mol. The van der Waals surface area contributed by atoms with Crippen LogP contribution in [0.3, 0.4) is 0 Å². The lowest BCUT2D eigenvalue weighted by Crippen LogP contribution is -2.34. The highest BCUT2D eigenvalue weighted by Crippen LogP contribution is 2.36. The van der Waals surface area contributed by atoms with E-state index >= 15 is 0 Å². The Morgan fingerprint density at radius 1 is 1.56 bits per heavy atom. The number of benzene rings is 1. The van der Waals surface area contributed by atoms with Gasteiger partial charge in [-0.25, -0.2) is 0 Å². The van der Waals surface area contributed by atoms with Crippen molar-refractivity contribution in [3.63, 3.8) is 0 Å². The van der Waals surface area contributed by atoms with E-state index in [1.807, 2.05) is 13.8 Å². The van der Waals surface area contributed by atoms with Crippen LogP contribution in [-0.2, 0) is 4.79 Å². The Morgan fingerprint density at radius 2 is 2.22 bits per heavy atom. The lowest BCUT2D eigenvalue weighted by molar-refractivity contribution is -0.117. The second-order valence-electron chi connectivity index (χ2n) is 3.70.